The van der Waals surface area contributed by atoms with E-state index in [1.54, 1.807) is 6.08 Å². The summed E-state index contributed by atoms with van der Waals surface area (Å²) in [5, 5.41) is 0.783. The van der Waals surface area contributed by atoms with Gasteiger partial charge in [-0.3, -0.25) is 4.79 Å². The van der Waals surface area contributed by atoms with Crippen LogP contribution in [0.4, 0.5) is 5.69 Å². The predicted molar refractivity (Wildman–Crippen MR) is 69.5 cm³/mol. The van der Waals surface area contributed by atoms with E-state index in [0.29, 0.717) is 18.4 Å². The molecule has 0 aliphatic carbocycles. The van der Waals surface area contributed by atoms with Crippen LogP contribution in [0.5, 0.6) is 0 Å². The number of carbonyl (C=O) groups excluding carboxylic acids is 1. The van der Waals surface area contributed by atoms with Crippen molar-refractivity contribution < 1.29 is 4.79 Å². The highest BCUT2D eigenvalue weighted by Gasteiger charge is 2.32. The van der Waals surface area contributed by atoms with Gasteiger partial charge in [0.15, 0.2) is 5.78 Å². The number of fused-ring (bicyclic) bond motifs is 3. The summed E-state index contributed by atoms with van der Waals surface area (Å²) in [5.74, 6) is 0.695. The fourth-order valence-corrected chi connectivity index (χ4v) is 3.03. The summed E-state index contributed by atoms with van der Waals surface area (Å²) in [5.41, 5.74) is 2.48. The van der Waals surface area contributed by atoms with Gasteiger partial charge >= 0.3 is 0 Å². The molecule has 1 aromatic rings. The molecule has 88 valence electrons. The Labute approximate surface area is 106 Å². The SMILES string of the molecule is C[C@@H]1C[C@H]2CC(=O)C=CN2c2ccc(Cl)cc21. The number of anilines is 1. The average molecular weight is 248 g/mol. The van der Waals surface area contributed by atoms with Gasteiger partial charge in [-0.25, -0.2) is 0 Å². The van der Waals surface area contributed by atoms with Crippen LogP contribution in [0, 0.1) is 0 Å². The van der Waals surface area contributed by atoms with Crippen LogP contribution in [-0.2, 0) is 4.79 Å². The van der Waals surface area contributed by atoms with Gasteiger partial charge in [0.05, 0.1) is 0 Å². The lowest BCUT2D eigenvalue weighted by Crippen LogP contribution is -2.40. The van der Waals surface area contributed by atoms with Crippen molar-refractivity contribution in [2.24, 2.45) is 0 Å². The van der Waals surface area contributed by atoms with E-state index in [0.717, 1.165) is 11.4 Å². The average Bonchev–Trinajstić information content (AvgIpc) is 2.29. The molecule has 0 unspecified atom stereocenters. The fourth-order valence-electron chi connectivity index (χ4n) is 2.85. The maximum absolute atomic E-state index is 11.5. The van der Waals surface area contributed by atoms with Crippen LogP contribution >= 0.6 is 11.6 Å². The zero-order chi connectivity index (χ0) is 12.0. The second-order valence-electron chi connectivity index (χ2n) is 4.89. The number of ketones is 1. The molecular formula is C14H14ClNO. The third-order valence-corrected chi connectivity index (χ3v) is 3.91. The second kappa shape index (κ2) is 3.88. The Morgan fingerprint density at radius 1 is 1.41 bits per heavy atom. The number of nitrogens with zero attached hydrogens (tertiary/aromatic N) is 1. The molecule has 0 amide bonds. The van der Waals surface area contributed by atoms with Gasteiger partial charge in [-0.1, -0.05) is 18.5 Å². The molecule has 17 heavy (non-hydrogen) atoms. The van der Waals surface area contributed by atoms with E-state index < -0.39 is 0 Å². The lowest BCUT2D eigenvalue weighted by molar-refractivity contribution is -0.115. The smallest absolute Gasteiger partial charge is 0.159 e. The van der Waals surface area contributed by atoms with Crippen molar-refractivity contribution in [3.05, 3.63) is 41.1 Å². The summed E-state index contributed by atoms with van der Waals surface area (Å²) in [6.45, 7) is 2.20. The lowest BCUT2D eigenvalue weighted by Gasteiger charge is -2.41. The van der Waals surface area contributed by atoms with E-state index in [9.17, 15) is 4.79 Å². The Bertz CT molecular complexity index is 509. The van der Waals surface area contributed by atoms with E-state index in [-0.39, 0.29) is 5.78 Å². The third kappa shape index (κ3) is 1.77. The van der Waals surface area contributed by atoms with Gasteiger partial charge in [0.25, 0.3) is 0 Å². The first kappa shape index (κ1) is 10.8. The number of carbonyl (C=O) groups is 1. The number of hydrogen-bond donors (Lipinski definition) is 0. The maximum atomic E-state index is 11.5. The van der Waals surface area contributed by atoms with Crippen molar-refractivity contribution in [1.29, 1.82) is 0 Å². The van der Waals surface area contributed by atoms with Gasteiger partial charge in [0.2, 0.25) is 0 Å². The number of allylic oxidation sites excluding steroid dienone is 1. The first-order valence-corrected chi connectivity index (χ1v) is 6.32. The maximum Gasteiger partial charge on any atom is 0.159 e. The van der Waals surface area contributed by atoms with Crippen LogP contribution in [0.1, 0.15) is 31.2 Å². The third-order valence-electron chi connectivity index (χ3n) is 3.68. The van der Waals surface area contributed by atoms with Crippen LogP contribution in [0.25, 0.3) is 0 Å². The van der Waals surface area contributed by atoms with Gasteiger partial charge in [0.1, 0.15) is 0 Å². The highest BCUT2D eigenvalue weighted by atomic mass is 35.5. The van der Waals surface area contributed by atoms with E-state index in [4.69, 9.17) is 11.6 Å². The first-order valence-electron chi connectivity index (χ1n) is 5.94. The number of benzene rings is 1. The summed E-state index contributed by atoms with van der Waals surface area (Å²) in [6.07, 6.45) is 5.23. The van der Waals surface area contributed by atoms with Crippen molar-refractivity contribution in [1.82, 2.24) is 0 Å². The van der Waals surface area contributed by atoms with E-state index in [1.165, 1.54) is 11.3 Å². The van der Waals surface area contributed by atoms with Crippen LogP contribution in [0.2, 0.25) is 5.02 Å². The van der Waals surface area contributed by atoms with Gasteiger partial charge in [0, 0.05) is 29.4 Å². The summed E-state index contributed by atoms with van der Waals surface area (Å²) in [6, 6.07) is 6.33. The Balaban J connectivity index is 2.10. The van der Waals surface area contributed by atoms with E-state index in [1.807, 2.05) is 18.3 Å². The molecule has 0 saturated heterocycles. The largest absolute Gasteiger partial charge is 0.344 e. The Hall–Kier alpha value is -1.28. The molecule has 0 aromatic heterocycles. The van der Waals surface area contributed by atoms with Crippen molar-refractivity contribution in [2.45, 2.75) is 31.7 Å². The molecule has 2 atom stereocenters. The zero-order valence-corrected chi connectivity index (χ0v) is 10.4. The summed E-state index contributed by atoms with van der Waals surface area (Å²) in [7, 11) is 0. The molecule has 0 spiro atoms. The van der Waals surface area contributed by atoms with Crippen LogP contribution < -0.4 is 4.90 Å². The molecule has 0 N–H and O–H groups in total. The van der Waals surface area contributed by atoms with Crippen LogP contribution in [-0.4, -0.2) is 11.8 Å². The minimum absolute atomic E-state index is 0.232. The molecule has 3 heteroatoms. The number of rotatable bonds is 0. The Morgan fingerprint density at radius 3 is 3.06 bits per heavy atom. The fraction of sp³-hybridized carbons (Fsp3) is 0.357. The minimum atomic E-state index is 0.232. The summed E-state index contributed by atoms with van der Waals surface area (Å²) < 4.78 is 0. The normalized spacial score (nSPS) is 26.7. The molecule has 0 bridgehead atoms. The molecule has 2 heterocycles. The van der Waals surface area contributed by atoms with Gasteiger partial charge in [-0.05, 0) is 42.2 Å². The molecule has 3 rings (SSSR count). The number of hydrogen-bond acceptors (Lipinski definition) is 2. The highest BCUT2D eigenvalue weighted by molar-refractivity contribution is 6.30. The zero-order valence-electron chi connectivity index (χ0n) is 9.69. The molecule has 0 fully saturated rings. The van der Waals surface area contributed by atoms with Gasteiger partial charge in [-0.2, -0.15) is 0 Å². The molecule has 2 aliphatic heterocycles. The van der Waals surface area contributed by atoms with Crippen molar-refractivity contribution in [2.75, 3.05) is 4.90 Å². The first-order chi connectivity index (χ1) is 8.15. The van der Waals surface area contributed by atoms with E-state index >= 15 is 0 Å². The molecule has 0 radical (unpaired) electrons. The van der Waals surface area contributed by atoms with Crippen molar-refractivity contribution in [3.8, 4) is 0 Å². The monoisotopic (exact) mass is 247 g/mol. The standard InChI is InChI=1S/C14H14ClNO/c1-9-6-11-8-12(17)4-5-16(11)14-3-2-10(15)7-13(9)14/h2-5,7,9,11H,6,8H2,1H3/t9-,11+/m1/s1. The topological polar surface area (TPSA) is 20.3 Å². The van der Waals surface area contributed by atoms with Crippen molar-refractivity contribution in [3.63, 3.8) is 0 Å². The molecule has 2 nitrogen and oxygen atoms in total. The highest BCUT2D eigenvalue weighted by Crippen LogP contribution is 2.41. The van der Waals surface area contributed by atoms with Gasteiger partial charge in [-0.15, -0.1) is 0 Å². The Morgan fingerprint density at radius 2 is 2.24 bits per heavy atom. The molecule has 2 aliphatic rings. The second-order valence-corrected chi connectivity index (χ2v) is 5.32. The van der Waals surface area contributed by atoms with Crippen molar-refractivity contribution >= 4 is 23.1 Å². The summed E-state index contributed by atoms with van der Waals surface area (Å²) in [4.78, 5) is 13.7. The van der Waals surface area contributed by atoms with E-state index in [2.05, 4.69) is 17.9 Å². The van der Waals surface area contributed by atoms with Crippen LogP contribution in [0.15, 0.2) is 30.5 Å². The molecule has 0 saturated carbocycles. The lowest BCUT2D eigenvalue weighted by atomic mass is 9.84. The molecule has 1 aromatic carbocycles. The number of halogens is 1. The van der Waals surface area contributed by atoms with Gasteiger partial charge < -0.3 is 4.90 Å². The van der Waals surface area contributed by atoms with Crippen LogP contribution in [0.3, 0.4) is 0 Å². The predicted octanol–water partition coefficient (Wildman–Crippen LogP) is 3.51. The quantitative estimate of drug-likeness (QED) is 0.699. The summed E-state index contributed by atoms with van der Waals surface area (Å²) >= 11 is 6.05. The Kier molecular flexibility index (Phi) is 2.48. The molecular weight excluding hydrogens is 234 g/mol. The minimum Gasteiger partial charge on any atom is -0.344 e.